The molecule has 0 saturated carbocycles. The molecule has 0 atom stereocenters. The van der Waals surface area contributed by atoms with Crippen molar-refractivity contribution in [2.75, 3.05) is 19.6 Å². The molecule has 1 aliphatic rings. The zero-order valence-corrected chi connectivity index (χ0v) is 10.3. The van der Waals surface area contributed by atoms with Gasteiger partial charge in [-0.1, -0.05) is 6.92 Å². The lowest BCUT2D eigenvalue weighted by molar-refractivity contribution is 0.0912. The predicted molar refractivity (Wildman–Crippen MR) is 63.7 cm³/mol. The summed E-state index contributed by atoms with van der Waals surface area (Å²) in [5.41, 5.74) is 0.187. The number of aromatic nitrogens is 3. The number of carbonyl (C=O) groups excluding carboxylic acids is 1. The van der Waals surface area contributed by atoms with E-state index in [0.717, 1.165) is 25.9 Å². The first kappa shape index (κ1) is 12.0. The minimum Gasteiger partial charge on any atom is -0.349 e. The number of amides is 1. The number of rotatable bonds is 3. The van der Waals surface area contributed by atoms with Gasteiger partial charge in [0, 0.05) is 6.54 Å². The van der Waals surface area contributed by atoms with Crippen molar-refractivity contribution >= 4 is 5.91 Å². The topological polar surface area (TPSA) is 82.7 Å². The number of nitrogens with zero attached hydrogens (tertiary/aromatic N) is 2. The van der Waals surface area contributed by atoms with Crippen LogP contribution in [0.2, 0.25) is 0 Å². The first-order chi connectivity index (χ1) is 8.09. The van der Waals surface area contributed by atoms with E-state index in [0.29, 0.717) is 12.4 Å². The Kier molecular flexibility index (Phi) is 3.42. The van der Waals surface area contributed by atoms with Crippen molar-refractivity contribution in [2.24, 2.45) is 5.41 Å². The first-order valence-corrected chi connectivity index (χ1v) is 5.97. The number of nitrogens with one attached hydrogen (secondary N) is 3. The van der Waals surface area contributed by atoms with Crippen LogP contribution in [0, 0.1) is 12.3 Å². The molecule has 1 amide bonds. The lowest BCUT2D eigenvalue weighted by Crippen LogP contribution is -2.43. The minimum absolute atomic E-state index is 0.187. The van der Waals surface area contributed by atoms with Gasteiger partial charge in [0.15, 0.2) is 0 Å². The Bertz CT molecular complexity index is 394. The zero-order chi connectivity index (χ0) is 12.3. The van der Waals surface area contributed by atoms with Crippen LogP contribution >= 0.6 is 0 Å². The molecule has 94 valence electrons. The van der Waals surface area contributed by atoms with Gasteiger partial charge in [0.05, 0.1) is 0 Å². The molecule has 6 nitrogen and oxygen atoms in total. The fraction of sp³-hybridized carbons (Fsp3) is 0.727. The van der Waals surface area contributed by atoms with Gasteiger partial charge in [-0.15, -0.1) is 5.10 Å². The molecule has 0 aromatic carbocycles. The predicted octanol–water partition coefficient (Wildman–Crippen LogP) is 0.233. The fourth-order valence-electron chi connectivity index (χ4n) is 2.02. The Hall–Kier alpha value is -1.43. The third-order valence-electron chi connectivity index (χ3n) is 3.29. The zero-order valence-electron chi connectivity index (χ0n) is 10.3. The van der Waals surface area contributed by atoms with E-state index >= 15 is 0 Å². The maximum atomic E-state index is 11.8. The lowest BCUT2D eigenvalue weighted by Gasteiger charge is -2.33. The molecule has 0 spiro atoms. The van der Waals surface area contributed by atoms with Crippen LogP contribution in [0.15, 0.2) is 0 Å². The Morgan fingerprint density at radius 3 is 2.76 bits per heavy atom. The second-order valence-corrected chi connectivity index (χ2v) is 4.99. The van der Waals surface area contributed by atoms with Gasteiger partial charge in [0.25, 0.3) is 5.91 Å². The molecule has 17 heavy (non-hydrogen) atoms. The lowest BCUT2D eigenvalue weighted by atomic mass is 9.81. The van der Waals surface area contributed by atoms with Crippen molar-refractivity contribution in [3.63, 3.8) is 0 Å². The van der Waals surface area contributed by atoms with Crippen LogP contribution in [0.3, 0.4) is 0 Å². The molecule has 2 rings (SSSR count). The molecule has 0 aliphatic carbocycles. The number of hydrogen-bond donors (Lipinski definition) is 3. The number of H-pyrrole nitrogens is 1. The maximum absolute atomic E-state index is 11.8. The van der Waals surface area contributed by atoms with Gasteiger partial charge in [0.1, 0.15) is 5.82 Å². The van der Waals surface area contributed by atoms with Crippen molar-refractivity contribution in [3.05, 3.63) is 11.6 Å². The molecule has 0 bridgehead atoms. The Balaban J connectivity index is 1.87. The smallest absolute Gasteiger partial charge is 0.290 e. The molecule has 1 aliphatic heterocycles. The highest BCUT2D eigenvalue weighted by Crippen LogP contribution is 2.26. The van der Waals surface area contributed by atoms with Gasteiger partial charge < -0.3 is 10.6 Å². The molecule has 1 aromatic rings. The maximum Gasteiger partial charge on any atom is 0.290 e. The van der Waals surface area contributed by atoms with Gasteiger partial charge in [-0.3, -0.25) is 9.89 Å². The third kappa shape index (κ3) is 3.03. The Labute approximate surface area is 101 Å². The summed E-state index contributed by atoms with van der Waals surface area (Å²) in [6.07, 6.45) is 2.17. The van der Waals surface area contributed by atoms with Gasteiger partial charge in [-0.25, -0.2) is 4.98 Å². The van der Waals surface area contributed by atoms with E-state index in [9.17, 15) is 4.79 Å². The number of carbonyl (C=O) groups is 1. The van der Waals surface area contributed by atoms with Crippen LogP contribution in [0.4, 0.5) is 0 Å². The van der Waals surface area contributed by atoms with Crippen LogP contribution in [-0.2, 0) is 0 Å². The summed E-state index contributed by atoms with van der Waals surface area (Å²) in [5, 5.41) is 12.7. The Morgan fingerprint density at radius 1 is 1.47 bits per heavy atom. The molecular formula is C11H19N5O. The van der Waals surface area contributed by atoms with Gasteiger partial charge in [-0.05, 0) is 38.3 Å². The molecule has 2 heterocycles. The number of aromatic amines is 1. The SMILES string of the molecule is Cc1nc(C(=O)NCC2(C)CCNCC2)n[nH]1. The van der Waals surface area contributed by atoms with Crippen LogP contribution in [0.5, 0.6) is 0 Å². The van der Waals surface area contributed by atoms with E-state index in [-0.39, 0.29) is 17.1 Å². The monoisotopic (exact) mass is 237 g/mol. The van der Waals surface area contributed by atoms with E-state index in [4.69, 9.17) is 0 Å². The van der Waals surface area contributed by atoms with Crippen molar-refractivity contribution in [3.8, 4) is 0 Å². The summed E-state index contributed by atoms with van der Waals surface area (Å²) in [4.78, 5) is 15.8. The van der Waals surface area contributed by atoms with E-state index in [1.54, 1.807) is 6.92 Å². The largest absolute Gasteiger partial charge is 0.349 e. The van der Waals surface area contributed by atoms with E-state index in [1.165, 1.54) is 0 Å². The van der Waals surface area contributed by atoms with Gasteiger partial charge in [0.2, 0.25) is 5.82 Å². The van der Waals surface area contributed by atoms with Crippen LogP contribution in [0.1, 0.15) is 36.2 Å². The molecule has 1 saturated heterocycles. The van der Waals surface area contributed by atoms with Crippen molar-refractivity contribution in [1.29, 1.82) is 0 Å². The van der Waals surface area contributed by atoms with E-state index < -0.39 is 0 Å². The van der Waals surface area contributed by atoms with Crippen LogP contribution < -0.4 is 10.6 Å². The highest BCUT2D eigenvalue weighted by Gasteiger charge is 2.27. The summed E-state index contributed by atoms with van der Waals surface area (Å²) >= 11 is 0. The quantitative estimate of drug-likeness (QED) is 0.703. The van der Waals surface area contributed by atoms with Crippen molar-refractivity contribution < 1.29 is 4.79 Å². The van der Waals surface area contributed by atoms with Crippen molar-refractivity contribution in [2.45, 2.75) is 26.7 Å². The summed E-state index contributed by atoms with van der Waals surface area (Å²) in [7, 11) is 0. The first-order valence-electron chi connectivity index (χ1n) is 5.97. The second kappa shape index (κ2) is 4.83. The highest BCUT2D eigenvalue weighted by atomic mass is 16.2. The van der Waals surface area contributed by atoms with Crippen LogP contribution in [-0.4, -0.2) is 40.7 Å². The molecule has 0 radical (unpaired) electrons. The molecular weight excluding hydrogens is 218 g/mol. The Morgan fingerprint density at radius 2 is 2.18 bits per heavy atom. The number of aryl methyl sites for hydroxylation is 1. The molecule has 1 fully saturated rings. The summed E-state index contributed by atoms with van der Waals surface area (Å²) in [6.45, 7) is 6.70. The average Bonchev–Trinajstić information content (AvgIpc) is 2.74. The van der Waals surface area contributed by atoms with Crippen LogP contribution in [0.25, 0.3) is 0 Å². The standard InChI is InChI=1S/C11H19N5O/c1-8-14-9(16-15-8)10(17)13-7-11(2)3-5-12-6-4-11/h12H,3-7H2,1-2H3,(H,13,17)(H,14,15,16). The molecule has 0 unspecified atom stereocenters. The second-order valence-electron chi connectivity index (χ2n) is 4.99. The highest BCUT2D eigenvalue weighted by molar-refractivity contribution is 5.90. The van der Waals surface area contributed by atoms with Gasteiger partial charge in [-0.2, -0.15) is 0 Å². The summed E-state index contributed by atoms with van der Waals surface area (Å²) in [5.74, 6) is 0.678. The normalized spacial score (nSPS) is 18.9. The third-order valence-corrected chi connectivity index (χ3v) is 3.29. The van der Waals surface area contributed by atoms with Gasteiger partial charge >= 0.3 is 0 Å². The fourth-order valence-corrected chi connectivity index (χ4v) is 2.02. The van der Waals surface area contributed by atoms with E-state index in [1.807, 2.05) is 0 Å². The average molecular weight is 237 g/mol. The number of piperidine rings is 1. The van der Waals surface area contributed by atoms with E-state index in [2.05, 4.69) is 32.7 Å². The molecule has 1 aromatic heterocycles. The van der Waals surface area contributed by atoms with Crippen molar-refractivity contribution in [1.82, 2.24) is 25.8 Å². The minimum atomic E-state index is -0.200. The summed E-state index contributed by atoms with van der Waals surface area (Å²) < 4.78 is 0. The molecule has 6 heteroatoms. The number of hydrogen-bond acceptors (Lipinski definition) is 4. The summed E-state index contributed by atoms with van der Waals surface area (Å²) in [6, 6.07) is 0. The molecule has 3 N–H and O–H groups in total.